The van der Waals surface area contributed by atoms with Gasteiger partial charge in [0.2, 0.25) is 15.9 Å². The topological polar surface area (TPSA) is 75.3 Å². The minimum atomic E-state index is -3.33. The predicted octanol–water partition coefficient (Wildman–Crippen LogP) is 3.28. The van der Waals surface area contributed by atoms with E-state index in [9.17, 15) is 13.2 Å². The fourth-order valence-electron chi connectivity index (χ4n) is 3.22. The Morgan fingerprint density at radius 1 is 1.12 bits per heavy atom. The highest BCUT2D eigenvalue weighted by Crippen LogP contribution is 2.48. The van der Waals surface area contributed by atoms with E-state index in [0.717, 1.165) is 35.8 Å². The minimum absolute atomic E-state index is 0.0251. The van der Waals surface area contributed by atoms with Gasteiger partial charge in [0.1, 0.15) is 0 Å². The van der Waals surface area contributed by atoms with Gasteiger partial charge in [0.25, 0.3) is 0 Å². The summed E-state index contributed by atoms with van der Waals surface area (Å²) in [6, 6.07) is 15.0. The molecule has 138 valence electrons. The zero-order valence-corrected chi connectivity index (χ0v) is 16.1. The van der Waals surface area contributed by atoms with Crippen molar-refractivity contribution < 1.29 is 13.2 Å². The molecule has 0 heterocycles. The minimum Gasteiger partial charge on any atom is -0.349 e. The van der Waals surface area contributed by atoms with E-state index in [2.05, 4.69) is 16.1 Å². The molecule has 5 nitrogen and oxygen atoms in total. The predicted molar refractivity (Wildman–Crippen MR) is 104 cm³/mol. The molecule has 2 N–H and O–H groups in total. The van der Waals surface area contributed by atoms with Gasteiger partial charge in [-0.1, -0.05) is 42.0 Å². The number of sulfonamides is 1. The van der Waals surface area contributed by atoms with Gasteiger partial charge >= 0.3 is 0 Å². The molecule has 2 aromatic rings. The van der Waals surface area contributed by atoms with E-state index in [1.165, 1.54) is 0 Å². The highest BCUT2D eigenvalue weighted by molar-refractivity contribution is 7.92. The third kappa shape index (κ3) is 4.07. The van der Waals surface area contributed by atoms with Crippen LogP contribution in [0.5, 0.6) is 0 Å². The van der Waals surface area contributed by atoms with Crippen molar-refractivity contribution in [2.45, 2.75) is 38.1 Å². The molecule has 26 heavy (non-hydrogen) atoms. The second-order valence-electron chi connectivity index (χ2n) is 7.15. The summed E-state index contributed by atoms with van der Waals surface area (Å²) in [4.78, 5) is 12.9. The number of benzene rings is 2. The van der Waals surface area contributed by atoms with Crippen molar-refractivity contribution in [1.29, 1.82) is 0 Å². The van der Waals surface area contributed by atoms with Crippen LogP contribution in [0.25, 0.3) is 0 Å². The first kappa shape index (κ1) is 18.5. The Bertz CT molecular complexity index is 934. The summed E-state index contributed by atoms with van der Waals surface area (Å²) >= 11 is 0. The van der Waals surface area contributed by atoms with Crippen LogP contribution >= 0.6 is 0 Å². The normalized spacial score (nSPS) is 16.6. The molecule has 0 aliphatic heterocycles. The quantitative estimate of drug-likeness (QED) is 0.817. The number of amides is 1. The summed E-state index contributed by atoms with van der Waals surface area (Å²) < 4.78 is 25.3. The molecule has 1 atom stereocenters. The van der Waals surface area contributed by atoms with Crippen molar-refractivity contribution in [2.75, 3.05) is 11.0 Å². The van der Waals surface area contributed by atoms with Gasteiger partial charge < -0.3 is 5.32 Å². The monoisotopic (exact) mass is 372 g/mol. The van der Waals surface area contributed by atoms with Crippen molar-refractivity contribution in [3.63, 3.8) is 0 Å². The van der Waals surface area contributed by atoms with E-state index in [-0.39, 0.29) is 11.9 Å². The van der Waals surface area contributed by atoms with Crippen molar-refractivity contribution in [1.82, 2.24) is 5.32 Å². The van der Waals surface area contributed by atoms with Gasteiger partial charge in [0.05, 0.1) is 17.7 Å². The van der Waals surface area contributed by atoms with Crippen LogP contribution in [0.1, 0.15) is 42.5 Å². The van der Waals surface area contributed by atoms with E-state index >= 15 is 0 Å². The van der Waals surface area contributed by atoms with Crippen molar-refractivity contribution in [3.8, 4) is 0 Å². The fraction of sp³-hybridized carbons (Fsp3) is 0.350. The molecular formula is C20H24N2O3S. The van der Waals surface area contributed by atoms with Gasteiger partial charge in [0, 0.05) is 5.69 Å². The third-order valence-corrected chi connectivity index (χ3v) is 5.40. The first-order valence-electron chi connectivity index (χ1n) is 8.65. The first-order chi connectivity index (χ1) is 12.2. The van der Waals surface area contributed by atoms with Gasteiger partial charge in [-0.2, -0.15) is 0 Å². The van der Waals surface area contributed by atoms with Crippen LogP contribution in [0.2, 0.25) is 0 Å². The highest BCUT2D eigenvalue weighted by atomic mass is 32.2. The molecule has 1 fully saturated rings. The SMILES string of the molecule is Cc1cccc(C2(C(=O)NC(C)c3cccc(NS(C)(=O)=O)c3)CC2)c1. The van der Waals surface area contributed by atoms with Gasteiger partial charge in [-0.25, -0.2) is 8.42 Å². The molecule has 0 spiro atoms. The Labute approximate surface area is 154 Å². The van der Waals surface area contributed by atoms with E-state index in [1.54, 1.807) is 18.2 Å². The maximum absolute atomic E-state index is 12.9. The first-order valence-corrected chi connectivity index (χ1v) is 10.5. The number of anilines is 1. The molecule has 0 bridgehead atoms. The van der Waals surface area contributed by atoms with E-state index < -0.39 is 15.4 Å². The summed E-state index contributed by atoms with van der Waals surface area (Å²) in [5.74, 6) is 0.0251. The molecule has 1 amide bonds. The van der Waals surface area contributed by atoms with E-state index in [4.69, 9.17) is 0 Å². The van der Waals surface area contributed by atoms with Crippen LogP contribution in [0.4, 0.5) is 5.69 Å². The highest BCUT2D eigenvalue weighted by Gasteiger charge is 2.51. The summed E-state index contributed by atoms with van der Waals surface area (Å²) in [6.45, 7) is 3.93. The van der Waals surface area contributed by atoms with E-state index in [0.29, 0.717) is 5.69 Å². The van der Waals surface area contributed by atoms with Crippen molar-refractivity contribution in [3.05, 3.63) is 65.2 Å². The lowest BCUT2D eigenvalue weighted by Crippen LogP contribution is -2.36. The van der Waals surface area contributed by atoms with Crippen LogP contribution in [-0.2, 0) is 20.2 Å². The number of hydrogen-bond acceptors (Lipinski definition) is 3. The summed E-state index contributed by atoms with van der Waals surface area (Å²) in [7, 11) is -3.33. The van der Waals surface area contributed by atoms with E-state index in [1.807, 2.05) is 38.1 Å². The number of hydrogen-bond donors (Lipinski definition) is 2. The van der Waals surface area contributed by atoms with Crippen molar-refractivity contribution in [2.24, 2.45) is 0 Å². The van der Waals surface area contributed by atoms with Gasteiger partial charge in [0.15, 0.2) is 0 Å². The Hall–Kier alpha value is -2.34. The molecule has 0 aromatic heterocycles. The Balaban J connectivity index is 1.75. The second-order valence-corrected chi connectivity index (χ2v) is 8.89. The lowest BCUT2D eigenvalue weighted by Gasteiger charge is -2.21. The molecule has 6 heteroatoms. The van der Waals surface area contributed by atoms with Crippen LogP contribution in [0.3, 0.4) is 0 Å². The largest absolute Gasteiger partial charge is 0.349 e. The molecular weight excluding hydrogens is 348 g/mol. The van der Waals surface area contributed by atoms with Gasteiger partial charge in [-0.05, 0) is 49.9 Å². The lowest BCUT2D eigenvalue weighted by molar-refractivity contribution is -0.124. The molecule has 3 rings (SSSR count). The Kier molecular flexibility index (Phi) is 4.80. The number of nitrogens with one attached hydrogen (secondary N) is 2. The summed E-state index contributed by atoms with van der Waals surface area (Å²) in [5.41, 5.74) is 3.13. The molecule has 1 aliphatic rings. The second kappa shape index (κ2) is 6.76. The average Bonchev–Trinajstić information content (AvgIpc) is 3.35. The average molecular weight is 372 g/mol. The maximum atomic E-state index is 12.9. The molecule has 2 aromatic carbocycles. The summed E-state index contributed by atoms with van der Waals surface area (Å²) in [6.07, 6.45) is 2.82. The maximum Gasteiger partial charge on any atom is 0.231 e. The molecule has 1 unspecified atom stereocenters. The third-order valence-electron chi connectivity index (χ3n) is 4.79. The van der Waals surface area contributed by atoms with Gasteiger partial charge in [-0.15, -0.1) is 0 Å². The number of carbonyl (C=O) groups excluding carboxylic acids is 1. The summed E-state index contributed by atoms with van der Waals surface area (Å²) in [5, 5.41) is 3.09. The van der Waals surface area contributed by atoms with Crippen molar-refractivity contribution >= 4 is 21.6 Å². The standard InChI is InChI=1S/C20H24N2O3S/c1-14-6-4-8-17(12-14)20(10-11-20)19(23)21-15(2)16-7-5-9-18(13-16)22-26(3,24)25/h4-9,12-13,15,22H,10-11H2,1-3H3,(H,21,23). The van der Waals surface area contributed by atoms with Crippen LogP contribution in [0.15, 0.2) is 48.5 Å². The Morgan fingerprint density at radius 3 is 2.42 bits per heavy atom. The zero-order valence-electron chi connectivity index (χ0n) is 15.2. The molecule has 0 saturated heterocycles. The molecule has 0 radical (unpaired) electrons. The number of carbonyl (C=O) groups is 1. The zero-order chi connectivity index (χ0) is 18.9. The van der Waals surface area contributed by atoms with Crippen LogP contribution in [0, 0.1) is 6.92 Å². The smallest absolute Gasteiger partial charge is 0.231 e. The Morgan fingerprint density at radius 2 is 1.81 bits per heavy atom. The van der Waals surface area contributed by atoms with Crippen LogP contribution in [-0.4, -0.2) is 20.6 Å². The number of rotatable bonds is 6. The lowest BCUT2D eigenvalue weighted by atomic mass is 9.93. The molecule has 1 aliphatic carbocycles. The molecule has 1 saturated carbocycles. The number of aryl methyl sites for hydroxylation is 1. The fourth-order valence-corrected chi connectivity index (χ4v) is 3.77. The van der Waals surface area contributed by atoms with Crippen LogP contribution < -0.4 is 10.0 Å². The van der Waals surface area contributed by atoms with Gasteiger partial charge in [-0.3, -0.25) is 9.52 Å².